The fourth-order valence-electron chi connectivity index (χ4n) is 4.36. The monoisotopic (exact) mass is 439 g/mol. The Hall–Kier alpha value is -2.93. The van der Waals surface area contributed by atoms with Crippen LogP contribution in [0.15, 0.2) is 60.2 Å². The number of aliphatic hydroxyl groups excluding tert-OH is 1. The van der Waals surface area contributed by atoms with Crippen molar-refractivity contribution in [3.8, 4) is 0 Å². The van der Waals surface area contributed by atoms with Crippen LogP contribution in [0.2, 0.25) is 0 Å². The summed E-state index contributed by atoms with van der Waals surface area (Å²) in [5.74, 6) is -1.68. The molecule has 0 bridgehead atoms. The first-order valence-electron chi connectivity index (χ1n) is 10.4. The van der Waals surface area contributed by atoms with Gasteiger partial charge in [0.1, 0.15) is 5.76 Å². The van der Waals surface area contributed by atoms with Crippen molar-refractivity contribution in [3.63, 3.8) is 0 Å². The summed E-state index contributed by atoms with van der Waals surface area (Å²) in [4.78, 5) is 27.5. The lowest BCUT2D eigenvalue weighted by Gasteiger charge is -2.30. The Bertz CT molecular complexity index is 1150. The van der Waals surface area contributed by atoms with Crippen molar-refractivity contribution in [2.45, 2.75) is 38.3 Å². The number of amides is 1. The van der Waals surface area contributed by atoms with Gasteiger partial charge in [0.25, 0.3) is 11.7 Å². The van der Waals surface area contributed by atoms with E-state index in [0.29, 0.717) is 17.0 Å². The second-order valence-corrected chi connectivity index (χ2v) is 10.7. The number of sulfone groups is 1. The lowest BCUT2D eigenvalue weighted by molar-refractivity contribution is -0.141. The van der Waals surface area contributed by atoms with Gasteiger partial charge in [-0.15, -0.1) is 0 Å². The summed E-state index contributed by atoms with van der Waals surface area (Å²) in [6, 6.07) is 14.7. The third-order valence-electron chi connectivity index (χ3n) is 6.05. The van der Waals surface area contributed by atoms with Crippen molar-refractivity contribution >= 4 is 27.3 Å². The molecule has 0 spiro atoms. The molecule has 2 saturated heterocycles. The molecule has 1 N–H and O–H groups in total. The second kappa shape index (κ2) is 7.96. The van der Waals surface area contributed by atoms with E-state index in [1.807, 2.05) is 24.3 Å². The van der Waals surface area contributed by atoms with Crippen LogP contribution in [0.4, 0.5) is 0 Å². The molecule has 2 aromatic carbocycles. The summed E-state index contributed by atoms with van der Waals surface area (Å²) in [5.41, 5.74) is 2.21. The number of carbonyl (C=O) groups excluding carboxylic acids is 2. The summed E-state index contributed by atoms with van der Waals surface area (Å²) < 4.78 is 24.2. The number of likely N-dealkylation sites (tertiary alicyclic amines) is 1. The Balaban J connectivity index is 1.87. The van der Waals surface area contributed by atoms with Gasteiger partial charge in [-0.1, -0.05) is 68.4 Å². The molecule has 4 rings (SSSR count). The summed E-state index contributed by atoms with van der Waals surface area (Å²) in [7, 11) is -3.27. The number of rotatable bonds is 4. The molecule has 2 aromatic rings. The predicted molar refractivity (Wildman–Crippen MR) is 118 cm³/mol. The van der Waals surface area contributed by atoms with Crippen molar-refractivity contribution < 1.29 is 23.1 Å². The van der Waals surface area contributed by atoms with Gasteiger partial charge < -0.3 is 10.0 Å². The van der Waals surface area contributed by atoms with E-state index in [0.717, 1.165) is 5.56 Å². The van der Waals surface area contributed by atoms with E-state index in [1.165, 1.54) is 4.90 Å². The Morgan fingerprint density at radius 2 is 1.68 bits per heavy atom. The predicted octanol–water partition coefficient (Wildman–Crippen LogP) is 3.42. The number of hydrogen-bond acceptors (Lipinski definition) is 5. The van der Waals surface area contributed by atoms with Crippen LogP contribution in [0.5, 0.6) is 0 Å². The quantitative estimate of drug-likeness (QED) is 0.448. The maximum Gasteiger partial charge on any atom is 0.295 e. The molecular weight excluding hydrogens is 414 g/mol. The minimum Gasteiger partial charge on any atom is -0.507 e. The van der Waals surface area contributed by atoms with E-state index in [1.54, 1.807) is 30.3 Å². The van der Waals surface area contributed by atoms with Gasteiger partial charge >= 0.3 is 0 Å². The SMILES string of the molecule is CC(C)c1ccc([C@H]2C(=C(O)c3ccccc3)C(=O)C(=O)N2[C@H]2CCS(=O)(=O)C2)cc1. The van der Waals surface area contributed by atoms with E-state index in [2.05, 4.69) is 13.8 Å². The first-order chi connectivity index (χ1) is 14.7. The van der Waals surface area contributed by atoms with E-state index < -0.39 is 33.6 Å². The minimum atomic E-state index is -3.27. The third kappa shape index (κ3) is 3.90. The number of Topliss-reactive ketones (excluding diaryl/α,β-unsaturated/α-hetero) is 1. The molecule has 2 fully saturated rings. The molecule has 6 nitrogen and oxygen atoms in total. The molecule has 0 radical (unpaired) electrons. The Morgan fingerprint density at radius 1 is 1.03 bits per heavy atom. The number of benzene rings is 2. The van der Waals surface area contributed by atoms with Crippen molar-refractivity contribution in [3.05, 3.63) is 76.9 Å². The summed E-state index contributed by atoms with van der Waals surface area (Å²) in [6.45, 7) is 4.14. The van der Waals surface area contributed by atoms with Crippen LogP contribution in [0.25, 0.3) is 5.76 Å². The molecule has 7 heteroatoms. The molecule has 2 aliphatic rings. The first-order valence-corrected chi connectivity index (χ1v) is 12.2. The number of aliphatic hydroxyl groups is 1. The molecule has 2 heterocycles. The Kier molecular flexibility index (Phi) is 5.47. The van der Waals surface area contributed by atoms with Gasteiger partial charge in [0.05, 0.1) is 23.1 Å². The summed E-state index contributed by atoms with van der Waals surface area (Å²) >= 11 is 0. The molecule has 2 atom stereocenters. The topological polar surface area (TPSA) is 91.8 Å². The van der Waals surface area contributed by atoms with Crippen molar-refractivity contribution in [1.29, 1.82) is 0 Å². The zero-order valence-corrected chi connectivity index (χ0v) is 18.3. The standard InChI is InChI=1S/C24H25NO5S/c1-15(2)16-8-10-17(11-9-16)21-20(22(26)18-6-4-3-5-7-18)23(27)24(28)25(21)19-12-13-31(29,30)14-19/h3-11,15,19,21,26H,12-14H2,1-2H3/t19-,21-/m0/s1. The van der Waals surface area contributed by atoms with Crippen LogP contribution < -0.4 is 0 Å². The molecule has 0 aromatic heterocycles. The van der Waals surface area contributed by atoms with Crippen LogP contribution in [0, 0.1) is 0 Å². The maximum absolute atomic E-state index is 13.0. The summed E-state index contributed by atoms with van der Waals surface area (Å²) in [5, 5.41) is 11.0. The van der Waals surface area contributed by atoms with Crippen molar-refractivity contribution in [1.82, 2.24) is 4.90 Å². The smallest absolute Gasteiger partial charge is 0.295 e. The molecule has 0 aliphatic carbocycles. The first kappa shape index (κ1) is 21.3. The Labute approximate surface area is 182 Å². The van der Waals surface area contributed by atoms with E-state index in [-0.39, 0.29) is 29.3 Å². The van der Waals surface area contributed by atoms with Crippen LogP contribution in [-0.2, 0) is 19.4 Å². The lowest BCUT2D eigenvalue weighted by Crippen LogP contribution is -2.40. The van der Waals surface area contributed by atoms with Gasteiger partial charge in [0.2, 0.25) is 0 Å². The van der Waals surface area contributed by atoms with Crippen molar-refractivity contribution in [2.24, 2.45) is 0 Å². The summed E-state index contributed by atoms with van der Waals surface area (Å²) in [6.07, 6.45) is 0.279. The third-order valence-corrected chi connectivity index (χ3v) is 7.80. The largest absolute Gasteiger partial charge is 0.507 e. The highest BCUT2D eigenvalue weighted by Crippen LogP contribution is 2.42. The lowest BCUT2D eigenvalue weighted by atomic mass is 9.92. The average molecular weight is 440 g/mol. The van der Waals surface area contributed by atoms with Gasteiger partial charge in [-0.25, -0.2) is 8.42 Å². The van der Waals surface area contributed by atoms with E-state index in [4.69, 9.17) is 0 Å². The average Bonchev–Trinajstić information content (AvgIpc) is 3.24. The number of carbonyl (C=O) groups is 2. The zero-order chi connectivity index (χ0) is 22.3. The molecule has 2 aliphatic heterocycles. The van der Waals surface area contributed by atoms with Gasteiger partial charge in [0, 0.05) is 11.6 Å². The molecule has 1 amide bonds. The van der Waals surface area contributed by atoms with Gasteiger partial charge in [-0.3, -0.25) is 9.59 Å². The highest BCUT2D eigenvalue weighted by atomic mass is 32.2. The molecular formula is C24H25NO5S. The highest BCUT2D eigenvalue weighted by molar-refractivity contribution is 7.91. The van der Waals surface area contributed by atoms with Crippen LogP contribution in [0.3, 0.4) is 0 Å². The zero-order valence-electron chi connectivity index (χ0n) is 17.5. The second-order valence-electron chi connectivity index (χ2n) is 8.45. The maximum atomic E-state index is 13.0. The normalized spacial score (nSPS) is 24.8. The molecule has 31 heavy (non-hydrogen) atoms. The van der Waals surface area contributed by atoms with E-state index in [9.17, 15) is 23.1 Å². The van der Waals surface area contributed by atoms with Crippen LogP contribution in [-0.4, -0.2) is 47.7 Å². The van der Waals surface area contributed by atoms with Gasteiger partial charge in [-0.05, 0) is 23.5 Å². The van der Waals surface area contributed by atoms with Crippen molar-refractivity contribution in [2.75, 3.05) is 11.5 Å². The molecule has 0 unspecified atom stereocenters. The van der Waals surface area contributed by atoms with Gasteiger partial charge in [-0.2, -0.15) is 0 Å². The van der Waals surface area contributed by atoms with E-state index >= 15 is 0 Å². The van der Waals surface area contributed by atoms with Crippen LogP contribution in [0.1, 0.15) is 48.9 Å². The molecule has 162 valence electrons. The Morgan fingerprint density at radius 3 is 2.23 bits per heavy atom. The minimum absolute atomic E-state index is 0.00204. The van der Waals surface area contributed by atoms with Gasteiger partial charge in [0.15, 0.2) is 9.84 Å². The number of nitrogens with zero attached hydrogens (tertiary/aromatic N) is 1. The number of hydrogen-bond donors (Lipinski definition) is 1. The highest BCUT2D eigenvalue weighted by Gasteiger charge is 2.50. The fourth-order valence-corrected chi connectivity index (χ4v) is 6.07. The fraction of sp³-hybridized carbons (Fsp3) is 0.333. The number of ketones is 1. The molecule has 0 saturated carbocycles. The van der Waals surface area contributed by atoms with Crippen LogP contribution >= 0.6 is 0 Å².